The summed E-state index contributed by atoms with van der Waals surface area (Å²) in [5.41, 5.74) is 5.29. The predicted molar refractivity (Wildman–Crippen MR) is 157 cm³/mol. The molecule has 2 saturated heterocycles. The minimum absolute atomic E-state index is 0.0633. The second kappa shape index (κ2) is 15.7. The molecule has 0 saturated carbocycles. The van der Waals surface area contributed by atoms with Crippen molar-refractivity contribution in [2.24, 2.45) is 10.8 Å². The van der Waals surface area contributed by atoms with E-state index in [2.05, 4.69) is 53.7 Å². The summed E-state index contributed by atoms with van der Waals surface area (Å²) in [6.45, 7) is 16.3. The number of rotatable bonds is 16. The maximum absolute atomic E-state index is 6.33. The molecule has 1 aromatic carbocycles. The van der Waals surface area contributed by atoms with Crippen LogP contribution in [0.15, 0.2) is 12.1 Å². The van der Waals surface area contributed by atoms with E-state index in [0.717, 1.165) is 39.3 Å². The first-order valence-corrected chi connectivity index (χ1v) is 15.9. The van der Waals surface area contributed by atoms with E-state index in [1.165, 1.54) is 99.3 Å². The number of ether oxygens (including phenoxy) is 4. The van der Waals surface area contributed by atoms with Crippen LogP contribution in [0.25, 0.3) is 0 Å². The third-order valence-electron chi connectivity index (χ3n) is 8.01. The van der Waals surface area contributed by atoms with Crippen molar-refractivity contribution in [3.63, 3.8) is 0 Å². The zero-order chi connectivity index (χ0) is 27.4. The van der Waals surface area contributed by atoms with Gasteiger partial charge in [0.2, 0.25) is 0 Å². The van der Waals surface area contributed by atoms with Crippen molar-refractivity contribution in [1.82, 2.24) is 0 Å². The van der Waals surface area contributed by atoms with E-state index in [-0.39, 0.29) is 23.4 Å². The highest BCUT2D eigenvalue weighted by Gasteiger charge is 2.33. The van der Waals surface area contributed by atoms with Crippen molar-refractivity contribution in [3.8, 4) is 0 Å². The van der Waals surface area contributed by atoms with Gasteiger partial charge in [0.25, 0.3) is 0 Å². The number of hydrogen-bond donors (Lipinski definition) is 0. The zero-order valence-corrected chi connectivity index (χ0v) is 25.7. The van der Waals surface area contributed by atoms with Crippen LogP contribution < -0.4 is 0 Å². The molecule has 4 heteroatoms. The van der Waals surface area contributed by atoms with Crippen molar-refractivity contribution in [2.45, 2.75) is 144 Å². The van der Waals surface area contributed by atoms with E-state index in [4.69, 9.17) is 18.9 Å². The molecule has 0 unspecified atom stereocenters. The molecule has 0 bridgehead atoms. The highest BCUT2D eigenvalue weighted by atomic mass is 16.7. The Bertz CT molecular complexity index is 727. The highest BCUT2D eigenvalue weighted by molar-refractivity contribution is 5.41. The quantitative estimate of drug-likeness (QED) is 0.199. The summed E-state index contributed by atoms with van der Waals surface area (Å²) < 4.78 is 25.3. The van der Waals surface area contributed by atoms with Crippen LogP contribution in [0.1, 0.15) is 153 Å². The fraction of sp³-hybridized carbons (Fsp3) is 0.824. The lowest BCUT2D eigenvalue weighted by Gasteiger charge is -2.37. The molecule has 0 atom stereocenters. The van der Waals surface area contributed by atoms with Crippen LogP contribution in [-0.4, -0.2) is 26.4 Å². The van der Waals surface area contributed by atoms with Gasteiger partial charge in [-0.1, -0.05) is 118 Å². The SMILES string of the molecule is CCCCCCCCc1cc(C2OCC(C)(C)CO2)c(CCCCCCCC)cc1C1OCC(C)(C)CO1. The van der Waals surface area contributed by atoms with Gasteiger partial charge in [0.05, 0.1) is 26.4 Å². The summed E-state index contributed by atoms with van der Waals surface area (Å²) in [4.78, 5) is 0. The molecule has 2 aliphatic heterocycles. The van der Waals surface area contributed by atoms with E-state index in [1.54, 1.807) is 0 Å². The first-order chi connectivity index (χ1) is 18.2. The highest BCUT2D eigenvalue weighted by Crippen LogP contribution is 2.39. The molecule has 2 heterocycles. The van der Waals surface area contributed by atoms with Gasteiger partial charge in [0, 0.05) is 22.0 Å². The predicted octanol–water partition coefficient (Wildman–Crippen LogP) is 9.64. The maximum atomic E-state index is 6.33. The molecule has 0 amide bonds. The van der Waals surface area contributed by atoms with Crippen molar-refractivity contribution < 1.29 is 18.9 Å². The Morgan fingerprint density at radius 3 is 1.18 bits per heavy atom. The van der Waals surface area contributed by atoms with Crippen molar-refractivity contribution in [1.29, 1.82) is 0 Å². The summed E-state index contributed by atoms with van der Waals surface area (Å²) in [5, 5.41) is 0. The number of hydrogen-bond acceptors (Lipinski definition) is 4. The van der Waals surface area contributed by atoms with E-state index in [0.29, 0.717) is 0 Å². The Labute approximate surface area is 234 Å². The van der Waals surface area contributed by atoms with Crippen LogP contribution in [0.2, 0.25) is 0 Å². The van der Waals surface area contributed by atoms with Crippen LogP contribution in [-0.2, 0) is 31.8 Å². The normalized spacial score (nSPS) is 20.2. The van der Waals surface area contributed by atoms with E-state index >= 15 is 0 Å². The van der Waals surface area contributed by atoms with Gasteiger partial charge in [0.15, 0.2) is 12.6 Å². The Kier molecular flexibility index (Phi) is 13.1. The fourth-order valence-electron chi connectivity index (χ4n) is 5.53. The summed E-state index contributed by atoms with van der Waals surface area (Å²) in [7, 11) is 0. The van der Waals surface area contributed by atoms with Crippen molar-refractivity contribution in [2.75, 3.05) is 26.4 Å². The summed E-state index contributed by atoms with van der Waals surface area (Å²) >= 11 is 0. The molecule has 0 radical (unpaired) electrons. The van der Waals surface area contributed by atoms with Gasteiger partial charge in [-0.25, -0.2) is 0 Å². The van der Waals surface area contributed by atoms with Gasteiger partial charge in [-0.2, -0.15) is 0 Å². The Balaban J connectivity index is 1.82. The van der Waals surface area contributed by atoms with E-state index < -0.39 is 0 Å². The van der Waals surface area contributed by atoms with Gasteiger partial charge < -0.3 is 18.9 Å². The average molecular weight is 531 g/mol. The van der Waals surface area contributed by atoms with Crippen LogP contribution in [0, 0.1) is 10.8 Å². The first kappa shape index (κ1) is 31.6. The molecule has 218 valence electrons. The molecule has 38 heavy (non-hydrogen) atoms. The molecular weight excluding hydrogens is 472 g/mol. The molecule has 0 N–H and O–H groups in total. The van der Waals surface area contributed by atoms with E-state index in [1.807, 2.05) is 0 Å². The fourth-order valence-corrected chi connectivity index (χ4v) is 5.53. The minimum atomic E-state index is -0.275. The number of benzene rings is 1. The number of unbranched alkanes of at least 4 members (excludes halogenated alkanes) is 10. The minimum Gasteiger partial charge on any atom is -0.348 e. The first-order valence-electron chi connectivity index (χ1n) is 15.9. The van der Waals surface area contributed by atoms with Gasteiger partial charge in [-0.15, -0.1) is 0 Å². The molecule has 3 rings (SSSR count). The lowest BCUT2D eigenvalue weighted by molar-refractivity contribution is -0.228. The number of aryl methyl sites for hydroxylation is 2. The molecule has 2 fully saturated rings. The smallest absolute Gasteiger partial charge is 0.184 e. The second-order valence-electron chi connectivity index (χ2n) is 13.5. The van der Waals surface area contributed by atoms with Crippen LogP contribution in [0.4, 0.5) is 0 Å². The Hall–Kier alpha value is -0.940. The molecule has 1 aromatic rings. The topological polar surface area (TPSA) is 36.9 Å². The standard InChI is InChI=1S/C34H58O4/c1-7-9-11-13-15-17-19-27-21-30(32-37-25-34(5,6)26-38-32)28(20-18-16-14-12-10-8-2)22-29(27)31-35-23-33(3,4)24-36-31/h21-22,31-32H,7-20,23-26H2,1-6H3. The summed E-state index contributed by atoms with van der Waals surface area (Å²) in [6.07, 6.45) is 17.1. The van der Waals surface area contributed by atoms with Crippen molar-refractivity contribution >= 4 is 0 Å². The zero-order valence-electron chi connectivity index (χ0n) is 25.7. The Morgan fingerprint density at radius 2 is 0.842 bits per heavy atom. The van der Waals surface area contributed by atoms with E-state index in [9.17, 15) is 0 Å². The van der Waals surface area contributed by atoms with Crippen molar-refractivity contribution in [3.05, 3.63) is 34.4 Å². The summed E-state index contributed by atoms with van der Waals surface area (Å²) in [6, 6.07) is 4.78. The molecule has 2 aliphatic rings. The van der Waals surface area contributed by atoms with Crippen LogP contribution in [0.3, 0.4) is 0 Å². The third kappa shape index (κ3) is 10.2. The largest absolute Gasteiger partial charge is 0.348 e. The maximum Gasteiger partial charge on any atom is 0.184 e. The summed E-state index contributed by atoms with van der Waals surface area (Å²) in [5.74, 6) is 0. The molecule has 4 nitrogen and oxygen atoms in total. The second-order valence-corrected chi connectivity index (χ2v) is 13.5. The molecule has 0 aliphatic carbocycles. The monoisotopic (exact) mass is 530 g/mol. The molecule has 0 spiro atoms. The lowest BCUT2D eigenvalue weighted by atomic mass is 9.89. The van der Waals surface area contributed by atoms with Crippen LogP contribution >= 0.6 is 0 Å². The van der Waals surface area contributed by atoms with Gasteiger partial charge in [-0.05, 0) is 36.8 Å². The average Bonchev–Trinajstić information content (AvgIpc) is 2.88. The van der Waals surface area contributed by atoms with Gasteiger partial charge in [-0.3, -0.25) is 0 Å². The van der Waals surface area contributed by atoms with Crippen LogP contribution in [0.5, 0.6) is 0 Å². The van der Waals surface area contributed by atoms with Gasteiger partial charge >= 0.3 is 0 Å². The molecular formula is C34H58O4. The lowest BCUT2D eigenvalue weighted by Crippen LogP contribution is -2.35. The third-order valence-corrected chi connectivity index (χ3v) is 8.01. The van der Waals surface area contributed by atoms with Gasteiger partial charge in [0.1, 0.15) is 0 Å². The Morgan fingerprint density at radius 1 is 0.526 bits per heavy atom. The molecule has 0 aromatic heterocycles.